The largest absolute Gasteiger partial charge is 0.372 e. The van der Waals surface area contributed by atoms with Crippen LogP contribution in [-0.2, 0) is 0 Å². The minimum atomic E-state index is -0.0716. The third-order valence-electron chi connectivity index (χ3n) is 3.91. The van der Waals surface area contributed by atoms with Crippen molar-refractivity contribution in [2.45, 2.75) is 31.7 Å². The highest BCUT2D eigenvalue weighted by Crippen LogP contribution is 2.27. The van der Waals surface area contributed by atoms with E-state index in [1.54, 1.807) is 11.8 Å². The Labute approximate surface area is 143 Å². The van der Waals surface area contributed by atoms with Crippen molar-refractivity contribution in [1.82, 2.24) is 0 Å². The number of hydrogen-bond donors (Lipinski definition) is 1. The molecule has 0 aromatic heterocycles. The quantitative estimate of drug-likeness (QED) is 0.799. The number of thioether (sulfide) groups is 1. The molecule has 122 valence electrons. The molecular formula is C19H24N2OS. The lowest BCUT2D eigenvalue weighted by Crippen LogP contribution is -2.28. The maximum atomic E-state index is 12.8. The monoisotopic (exact) mass is 328 g/mol. The average Bonchev–Trinajstić information content (AvgIpc) is 2.54. The summed E-state index contributed by atoms with van der Waals surface area (Å²) in [5, 5.41) is 3.05. The van der Waals surface area contributed by atoms with E-state index in [0.717, 1.165) is 21.8 Å². The van der Waals surface area contributed by atoms with Gasteiger partial charge >= 0.3 is 0 Å². The predicted molar refractivity (Wildman–Crippen MR) is 101 cm³/mol. The number of rotatable bonds is 5. The van der Waals surface area contributed by atoms with Gasteiger partial charge in [-0.25, -0.2) is 0 Å². The molecule has 0 atom stereocenters. The molecule has 1 N–H and O–H groups in total. The van der Waals surface area contributed by atoms with E-state index in [1.807, 2.05) is 62.7 Å². The molecule has 0 aliphatic carbocycles. The second-order valence-corrected chi connectivity index (χ2v) is 6.73. The van der Waals surface area contributed by atoms with Crippen molar-refractivity contribution in [3.8, 4) is 0 Å². The highest BCUT2D eigenvalue weighted by molar-refractivity contribution is 7.98. The minimum Gasteiger partial charge on any atom is -0.372 e. The molecule has 23 heavy (non-hydrogen) atoms. The molecule has 0 fully saturated rings. The van der Waals surface area contributed by atoms with Crippen molar-refractivity contribution in [3.05, 3.63) is 53.6 Å². The molecule has 0 heterocycles. The Bertz CT molecular complexity index is 698. The van der Waals surface area contributed by atoms with Gasteiger partial charge in [0.25, 0.3) is 5.91 Å². The van der Waals surface area contributed by atoms with Crippen LogP contribution in [0.5, 0.6) is 0 Å². The standard InChI is InChI=1S/C19H24N2OS/c1-13(2)21(4)17-11-10-14(3)12-15(17)19(22)20-16-8-6-7-9-18(16)23-5/h6-13H,1-5H3,(H,20,22). The van der Waals surface area contributed by atoms with Crippen molar-refractivity contribution in [2.24, 2.45) is 0 Å². The van der Waals surface area contributed by atoms with Crippen LogP contribution in [0, 0.1) is 6.92 Å². The van der Waals surface area contributed by atoms with Crippen LogP contribution in [0.1, 0.15) is 29.8 Å². The lowest BCUT2D eigenvalue weighted by atomic mass is 10.1. The zero-order valence-corrected chi connectivity index (χ0v) is 15.2. The summed E-state index contributed by atoms with van der Waals surface area (Å²) >= 11 is 1.63. The summed E-state index contributed by atoms with van der Waals surface area (Å²) in [5.41, 5.74) is 3.58. The first kappa shape index (κ1) is 17.4. The van der Waals surface area contributed by atoms with E-state index in [4.69, 9.17) is 0 Å². The van der Waals surface area contributed by atoms with E-state index in [-0.39, 0.29) is 5.91 Å². The van der Waals surface area contributed by atoms with E-state index < -0.39 is 0 Å². The summed E-state index contributed by atoms with van der Waals surface area (Å²) in [7, 11) is 2.02. The molecule has 0 radical (unpaired) electrons. The molecule has 1 amide bonds. The first-order valence-corrected chi connectivity index (χ1v) is 8.94. The number of carbonyl (C=O) groups excluding carboxylic acids is 1. The first-order chi connectivity index (χ1) is 10.9. The lowest BCUT2D eigenvalue weighted by Gasteiger charge is -2.26. The van der Waals surface area contributed by atoms with Crippen molar-refractivity contribution in [3.63, 3.8) is 0 Å². The molecular weight excluding hydrogens is 304 g/mol. The molecule has 0 aliphatic heterocycles. The van der Waals surface area contributed by atoms with Crippen LogP contribution >= 0.6 is 11.8 Å². The van der Waals surface area contributed by atoms with Gasteiger partial charge in [0, 0.05) is 23.7 Å². The molecule has 0 spiro atoms. The van der Waals surface area contributed by atoms with Crippen molar-refractivity contribution < 1.29 is 4.79 Å². The molecule has 0 unspecified atom stereocenters. The van der Waals surface area contributed by atoms with Crippen LogP contribution in [0.3, 0.4) is 0 Å². The molecule has 0 saturated heterocycles. The Morgan fingerprint density at radius 3 is 2.52 bits per heavy atom. The highest BCUT2D eigenvalue weighted by atomic mass is 32.2. The van der Waals surface area contributed by atoms with Gasteiger partial charge < -0.3 is 10.2 Å². The second kappa shape index (κ2) is 7.55. The van der Waals surface area contributed by atoms with Gasteiger partial charge in [0.05, 0.1) is 11.3 Å². The van der Waals surface area contributed by atoms with Gasteiger partial charge in [-0.3, -0.25) is 4.79 Å². The molecule has 4 heteroatoms. The molecule has 2 aromatic rings. The Morgan fingerprint density at radius 2 is 1.87 bits per heavy atom. The van der Waals surface area contributed by atoms with Crippen molar-refractivity contribution in [1.29, 1.82) is 0 Å². The lowest BCUT2D eigenvalue weighted by molar-refractivity contribution is 0.102. The Kier molecular flexibility index (Phi) is 5.72. The Balaban J connectivity index is 2.37. The summed E-state index contributed by atoms with van der Waals surface area (Å²) in [6, 6.07) is 14.2. The maximum absolute atomic E-state index is 12.8. The van der Waals surface area contributed by atoms with Gasteiger partial charge in [0.1, 0.15) is 0 Å². The molecule has 0 aliphatic rings. The average molecular weight is 328 g/mol. The van der Waals surface area contributed by atoms with Crippen LogP contribution < -0.4 is 10.2 Å². The number of hydrogen-bond acceptors (Lipinski definition) is 3. The first-order valence-electron chi connectivity index (χ1n) is 7.72. The number of nitrogens with one attached hydrogen (secondary N) is 1. The summed E-state index contributed by atoms with van der Waals surface area (Å²) < 4.78 is 0. The van der Waals surface area contributed by atoms with E-state index in [0.29, 0.717) is 11.6 Å². The SMILES string of the molecule is CSc1ccccc1NC(=O)c1cc(C)ccc1N(C)C(C)C. The molecule has 3 nitrogen and oxygen atoms in total. The van der Waals surface area contributed by atoms with Gasteiger partial charge in [-0.15, -0.1) is 11.8 Å². The van der Waals surface area contributed by atoms with E-state index in [1.165, 1.54) is 0 Å². The molecule has 2 aromatic carbocycles. The summed E-state index contributed by atoms with van der Waals surface area (Å²) in [6.07, 6.45) is 2.01. The summed E-state index contributed by atoms with van der Waals surface area (Å²) in [6.45, 7) is 6.24. The van der Waals surface area contributed by atoms with Gasteiger partial charge in [0.2, 0.25) is 0 Å². The normalized spacial score (nSPS) is 10.7. The number of para-hydroxylation sites is 1. The number of benzene rings is 2. The van der Waals surface area contributed by atoms with Crippen LogP contribution in [0.4, 0.5) is 11.4 Å². The fourth-order valence-electron chi connectivity index (χ4n) is 2.36. The molecule has 2 rings (SSSR count). The van der Waals surface area contributed by atoms with Crippen molar-refractivity contribution in [2.75, 3.05) is 23.5 Å². The summed E-state index contributed by atoms with van der Waals surface area (Å²) in [5.74, 6) is -0.0716. The number of amides is 1. The number of carbonyl (C=O) groups is 1. The highest BCUT2D eigenvalue weighted by Gasteiger charge is 2.17. The summed E-state index contributed by atoms with van der Waals surface area (Å²) in [4.78, 5) is 16.0. The zero-order chi connectivity index (χ0) is 17.0. The number of nitrogens with zero attached hydrogens (tertiary/aromatic N) is 1. The van der Waals surface area contributed by atoms with Gasteiger partial charge in [-0.05, 0) is 51.3 Å². The fraction of sp³-hybridized carbons (Fsp3) is 0.316. The third kappa shape index (κ3) is 4.08. The van der Waals surface area contributed by atoms with E-state index in [9.17, 15) is 4.79 Å². The number of anilines is 2. The topological polar surface area (TPSA) is 32.3 Å². The zero-order valence-electron chi connectivity index (χ0n) is 14.4. The van der Waals surface area contributed by atoms with Gasteiger partial charge in [-0.1, -0.05) is 23.8 Å². The Hall–Kier alpha value is -1.94. The molecule has 0 bridgehead atoms. The van der Waals surface area contributed by atoms with E-state index in [2.05, 4.69) is 24.1 Å². The predicted octanol–water partition coefficient (Wildman–Crippen LogP) is 4.81. The fourth-order valence-corrected chi connectivity index (χ4v) is 2.91. The van der Waals surface area contributed by atoms with E-state index >= 15 is 0 Å². The number of aryl methyl sites for hydroxylation is 1. The molecule has 0 saturated carbocycles. The minimum absolute atomic E-state index is 0.0716. The van der Waals surface area contributed by atoms with Crippen molar-refractivity contribution >= 4 is 29.0 Å². The smallest absolute Gasteiger partial charge is 0.257 e. The Morgan fingerprint density at radius 1 is 1.17 bits per heavy atom. The van der Waals surface area contributed by atoms with Crippen LogP contribution in [0.2, 0.25) is 0 Å². The second-order valence-electron chi connectivity index (χ2n) is 5.88. The maximum Gasteiger partial charge on any atom is 0.257 e. The van der Waals surface area contributed by atoms with Crippen LogP contribution in [-0.4, -0.2) is 25.3 Å². The van der Waals surface area contributed by atoms with Gasteiger partial charge in [0.15, 0.2) is 0 Å². The van der Waals surface area contributed by atoms with Crippen LogP contribution in [0.15, 0.2) is 47.4 Å². The van der Waals surface area contributed by atoms with Crippen LogP contribution in [0.25, 0.3) is 0 Å². The third-order valence-corrected chi connectivity index (χ3v) is 4.70. The van der Waals surface area contributed by atoms with Gasteiger partial charge in [-0.2, -0.15) is 0 Å².